The summed E-state index contributed by atoms with van der Waals surface area (Å²) < 4.78 is 52.9. The lowest BCUT2D eigenvalue weighted by molar-refractivity contribution is -0.362. The molecule has 0 aliphatic carbocycles. The number of nitrogens with one attached hydrogen (secondary N) is 1. The molecule has 0 unspecified atom stereocenters. The topological polar surface area (TPSA) is 264 Å². The number of aliphatic carboxylic acids is 1. The van der Waals surface area contributed by atoms with Gasteiger partial charge in [0, 0.05) is 6.92 Å². The van der Waals surface area contributed by atoms with Crippen LogP contribution in [-0.2, 0) is 38.4 Å². The maximum atomic E-state index is 11.5. The first-order valence-electron chi connectivity index (χ1n) is 8.68. The van der Waals surface area contributed by atoms with E-state index in [9.17, 15) is 53.2 Å². The van der Waals surface area contributed by atoms with E-state index in [4.69, 9.17) is 14.2 Å². The Kier molecular flexibility index (Phi) is 8.27. The molecule has 180 valence electrons. The molecule has 0 spiro atoms. The first-order valence-corrected chi connectivity index (χ1v) is 10.0. The van der Waals surface area contributed by atoms with Crippen molar-refractivity contribution in [2.45, 2.75) is 68.3 Å². The molecule has 2 heterocycles. The minimum Gasteiger partial charge on any atom is -0.726 e. The van der Waals surface area contributed by atoms with Gasteiger partial charge in [-0.15, -0.1) is 0 Å². The van der Waals surface area contributed by atoms with Crippen LogP contribution in [0, 0.1) is 0 Å². The highest BCUT2D eigenvalue weighted by Gasteiger charge is 2.52. The molecule has 0 aromatic rings. The van der Waals surface area contributed by atoms with Gasteiger partial charge in [-0.3, -0.25) is 8.98 Å². The van der Waals surface area contributed by atoms with Crippen LogP contribution in [0.3, 0.4) is 0 Å². The maximum absolute atomic E-state index is 11.5. The molecule has 0 aromatic heterocycles. The zero-order chi connectivity index (χ0) is 23.7. The average molecular weight is 475 g/mol. The smallest absolute Gasteiger partial charge is 0.218 e. The van der Waals surface area contributed by atoms with Crippen molar-refractivity contribution < 1.29 is 71.6 Å². The molecule has 2 saturated heterocycles. The fourth-order valence-corrected chi connectivity index (χ4v) is 3.68. The Morgan fingerprint density at radius 3 is 2.16 bits per heavy atom. The Balaban J connectivity index is 2.42. The van der Waals surface area contributed by atoms with Gasteiger partial charge in [-0.05, 0) is 0 Å². The van der Waals surface area contributed by atoms with Crippen molar-refractivity contribution >= 4 is 22.3 Å². The number of hydrogen-bond acceptors (Lipinski definition) is 15. The zero-order valence-corrected chi connectivity index (χ0v) is 16.5. The molecule has 17 heteroatoms. The van der Waals surface area contributed by atoms with Crippen molar-refractivity contribution in [1.82, 2.24) is 5.32 Å². The monoisotopic (exact) mass is 475 g/mol. The number of rotatable bonds is 7. The maximum Gasteiger partial charge on any atom is 0.218 e. The molecule has 16 nitrogen and oxygen atoms in total. The minimum absolute atomic E-state index is 0.805. The van der Waals surface area contributed by atoms with Gasteiger partial charge in [0.05, 0.1) is 12.6 Å². The molecule has 0 aromatic carbocycles. The molecule has 2 aliphatic heterocycles. The van der Waals surface area contributed by atoms with Crippen molar-refractivity contribution in [1.29, 1.82) is 0 Å². The molecule has 0 radical (unpaired) electrons. The fraction of sp³-hybridized carbons (Fsp3) is 0.857. The summed E-state index contributed by atoms with van der Waals surface area (Å²) in [5, 5.41) is 62.4. The van der Waals surface area contributed by atoms with E-state index >= 15 is 0 Å². The fourth-order valence-electron chi connectivity index (χ4n) is 3.18. The van der Waals surface area contributed by atoms with Gasteiger partial charge < -0.3 is 59.5 Å². The number of aliphatic hydroxyl groups is 5. The number of carbonyl (C=O) groups is 2. The molecule has 2 aliphatic rings. The summed E-state index contributed by atoms with van der Waals surface area (Å²) in [5.74, 6) is -2.80. The van der Waals surface area contributed by atoms with Crippen LogP contribution in [0.5, 0.6) is 0 Å². The van der Waals surface area contributed by atoms with Crippen molar-refractivity contribution in [2.24, 2.45) is 0 Å². The summed E-state index contributed by atoms with van der Waals surface area (Å²) in [5.41, 5.74) is 0. The molecular formula is C14H21NO15S-2. The number of carboxylic acids is 1. The first kappa shape index (κ1) is 25.7. The number of carbonyl (C=O) groups excluding carboxylic acids is 2. The third kappa shape index (κ3) is 6.05. The van der Waals surface area contributed by atoms with E-state index < -0.39 is 90.2 Å². The number of ether oxygens (including phenoxy) is 3. The van der Waals surface area contributed by atoms with Crippen molar-refractivity contribution in [3.8, 4) is 0 Å². The van der Waals surface area contributed by atoms with Crippen molar-refractivity contribution in [2.75, 3.05) is 6.61 Å². The minimum atomic E-state index is -5.48. The second-order valence-corrected chi connectivity index (χ2v) is 7.77. The second kappa shape index (κ2) is 9.96. The summed E-state index contributed by atoms with van der Waals surface area (Å²) >= 11 is 0. The van der Waals surface area contributed by atoms with Gasteiger partial charge in [0.25, 0.3) is 0 Å². The van der Waals surface area contributed by atoms with Gasteiger partial charge in [0.2, 0.25) is 16.3 Å². The third-order valence-corrected chi connectivity index (χ3v) is 5.00. The van der Waals surface area contributed by atoms with Crippen LogP contribution < -0.4 is 10.4 Å². The van der Waals surface area contributed by atoms with Crippen LogP contribution in [0.4, 0.5) is 0 Å². The molecule has 2 fully saturated rings. The Morgan fingerprint density at radius 1 is 1.06 bits per heavy atom. The highest BCUT2D eigenvalue weighted by molar-refractivity contribution is 7.80. The molecule has 6 N–H and O–H groups in total. The molecule has 10 atom stereocenters. The normalized spacial score (nSPS) is 41.5. The van der Waals surface area contributed by atoms with Gasteiger partial charge >= 0.3 is 0 Å². The third-order valence-electron chi connectivity index (χ3n) is 4.54. The van der Waals surface area contributed by atoms with E-state index in [1.807, 2.05) is 0 Å². The highest BCUT2D eigenvalue weighted by atomic mass is 32.3. The second-order valence-electron chi connectivity index (χ2n) is 6.76. The molecule has 0 saturated carbocycles. The highest BCUT2D eigenvalue weighted by Crippen LogP contribution is 2.30. The average Bonchev–Trinajstić information content (AvgIpc) is 2.64. The summed E-state index contributed by atoms with van der Waals surface area (Å²) in [6.07, 6.45) is -18.3. The molecule has 1 amide bonds. The van der Waals surface area contributed by atoms with Crippen molar-refractivity contribution in [3.05, 3.63) is 0 Å². The lowest BCUT2D eigenvalue weighted by Crippen LogP contribution is -2.69. The van der Waals surface area contributed by atoms with E-state index in [2.05, 4.69) is 9.50 Å². The summed E-state index contributed by atoms with van der Waals surface area (Å²) in [7, 11) is -5.48. The summed E-state index contributed by atoms with van der Waals surface area (Å²) in [4.78, 5) is 22.6. The van der Waals surface area contributed by atoms with Gasteiger partial charge in [-0.2, -0.15) is 0 Å². The van der Waals surface area contributed by atoms with Crippen LogP contribution in [0.1, 0.15) is 6.92 Å². The molecular weight excluding hydrogens is 454 g/mol. The number of carboxylic acid groups (broad SMARTS) is 1. The largest absolute Gasteiger partial charge is 0.726 e. The predicted octanol–water partition coefficient (Wildman–Crippen LogP) is -7.01. The van der Waals surface area contributed by atoms with Crippen LogP contribution in [0.2, 0.25) is 0 Å². The molecule has 31 heavy (non-hydrogen) atoms. The van der Waals surface area contributed by atoms with E-state index in [1.54, 1.807) is 0 Å². The Hall–Kier alpha value is -1.51. The lowest BCUT2D eigenvalue weighted by atomic mass is 9.95. The van der Waals surface area contributed by atoms with Gasteiger partial charge in [-0.25, -0.2) is 8.42 Å². The van der Waals surface area contributed by atoms with E-state index in [0.717, 1.165) is 6.92 Å². The lowest BCUT2D eigenvalue weighted by Gasteiger charge is -2.47. The molecule has 0 bridgehead atoms. The summed E-state index contributed by atoms with van der Waals surface area (Å²) in [6.45, 7) is -0.0265. The number of amides is 1. The zero-order valence-electron chi connectivity index (χ0n) is 15.7. The first-order chi connectivity index (χ1) is 14.3. The Labute approximate surface area is 174 Å². The quantitative estimate of drug-likeness (QED) is 0.147. The van der Waals surface area contributed by atoms with Crippen molar-refractivity contribution in [3.63, 3.8) is 0 Å². The van der Waals surface area contributed by atoms with E-state index in [1.165, 1.54) is 0 Å². The van der Waals surface area contributed by atoms with E-state index in [-0.39, 0.29) is 0 Å². The predicted molar refractivity (Wildman–Crippen MR) is 86.7 cm³/mol. The number of hydrogen-bond donors (Lipinski definition) is 6. The summed E-state index contributed by atoms with van der Waals surface area (Å²) in [6, 6.07) is -1.69. The Bertz CT molecular complexity index is 761. The van der Waals surface area contributed by atoms with Crippen LogP contribution in [-0.4, -0.2) is 118 Å². The van der Waals surface area contributed by atoms with E-state index in [0.29, 0.717) is 0 Å². The molecule has 2 rings (SSSR count). The Morgan fingerprint density at radius 2 is 1.68 bits per heavy atom. The van der Waals surface area contributed by atoms with Crippen LogP contribution in [0.25, 0.3) is 0 Å². The van der Waals surface area contributed by atoms with Gasteiger partial charge in [0.15, 0.2) is 12.6 Å². The SMILES string of the molecule is CC(=O)N[C@@H]1[C@@H](O[C@@H]2O[C@H](C(=O)[O-])[C@@H](O)[C@H](O)[C@H]2O)[C@@H](OS(=O)(=O)[O-])[C@@H](CO)O[C@H]1O. The van der Waals surface area contributed by atoms with Crippen LogP contribution >= 0.6 is 0 Å². The number of aliphatic hydroxyl groups excluding tert-OH is 5. The van der Waals surface area contributed by atoms with Gasteiger partial charge in [-0.1, -0.05) is 0 Å². The van der Waals surface area contributed by atoms with Gasteiger partial charge in [0.1, 0.15) is 48.8 Å². The standard InChI is InChI=1S/C14H23NO15S/c1-3(17)15-5-10(9(30-31(24,25)26)4(2-16)27-13(5)23)28-14-8(20)6(18)7(19)11(29-14)12(21)22/h4-11,13-14,16,18-20,23H,2H2,1H3,(H,15,17)(H,21,22)(H,24,25,26)/p-2/t4-,5-,6+,7+,8-,9+,10-,11+,13-,14-/m1/s1. The van der Waals surface area contributed by atoms with Crippen LogP contribution in [0.15, 0.2) is 0 Å².